The molecule has 0 amide bonds. The van der Waals surface area contributed by atoms with Crippen molar-refractivity contribution in [3.8, 4) is 0 Å². The summed E-state index contributed by atoms with van der Waals surface area (Å²) in [5, 5.41) is 7.23. The second-order valence-electron chi connectivity index (χ2n) is 4.59. The second-order valence-corrected chi connectivity index (χ2v) is 4.59. The highest BCUT2D eigenvalue weighted by molar-refractivity contribution is 5.04. The van der Waals surface area contributed by atoms with Gasteiger partial charge in [-0.1, -0.05) is 5.16 Å². The van der Waals surface area contributed by atoms with Gasteiger partial charge in [0.1, 0.15) is 5.60 Å². The van der Waals surface area contributed by atoms with E-state index >= 15 is 0 Å². The van der Waals surface area contributed by atoms with E-state index in [0.29, 0.717) is 24.9 Å². The van der Waals surface area contributed by atoms with Crippen LogP contribution in [0.25, 0.3) is 0 Å². The summed E-state index contributed by atoms with van der Waals surface area (Å²) in [6.45, 7) is 2.00. The summed E-state index contributed by atoms with van der Waals surface area (Å²) in [5.41, 5.74) is -0.325. The highest BCUT2D eigenvalue weighted by atomic mass is 16.5. The number of methoxy groups -OCH3 is 2. The molecule has 1 heterocycles. The highest BCUT2D eigenvalue weighted by Gasteiger charge is 2.40. The molecule has 1 aliphatic carbocycles. The molecule has 0 atom stereocenters. The quantitative estimate of drug-likeness (QED) is 0.739. The van der Waals surface area contributed by atoms with E-state index in [4.69, 9.17) is 14.0 Å². The predicted octanol–water partition coefficient (Wildman–Crippen LogP) is 1.22. The maximum absolute atomic E-state index is 5.62. The monoisotopic (exact) mass is 255 g/mol. The van der Waals surface area contributed by atoms with Crippen LogP contribution in [0.1, 0.15) is 37.4 Å². The normalized spacial score (nSPS) is 18.3. The van der Waals surface area contributed by atoms with E-state index in [0.717, 1.165) is 32.2 Å². The van der Waals surface area contributed by atoms with Crippen molar-refractivity contribution >= 4 is 0 Å². The van der Waals surface area contributed by atoms with E-state index in [1.165, 1.54) is 0 Å². The molecule has 18 heavy (non-hydrogen) atoms. The van der Waals surface area contributed by atoms with E-state index < -0.39 is 0 Å². The standard InChI is InChI=1S/C12H21N3O3/c1-16-8-7-13-9-10-14-11(15-18-10)12(17-2)5-3-4-6-12/h13H,3-9H2,1-2H3. The van der Waals surface area contributed by atoms with Crippen molar-refractivity contribution in [2.45, 2.75) is 37.8 Å². The van der Waals surface area contributed by atoms with Crippen molar-refractivity contribution in [1.29, 1.82) is 0 Å². The lowest BCUT2D eigenvalue weighted by Crippen LogP contribution is -2.26. The van der Waals surface area contributed by atoms with E-state index in [-0.39, 0.29) is 5.60 Å². The maximum Gasteiger partial charge on any atom is 0.240 e. The molecule has 1 aromatic heterocycles. The van der Waals surface area contributed by atoms with E-state index in [9.17, 15) is 0 Å². The third kappa shape index (κ3) is 2.88. The Morgan fingerprint density at radius 2 is 2.11 bits per heavy atom. The predicted molar refractivity (Wildman–Crippen MR) is 65.0 cm³/mol. The van der Waals surface area contributed by atoms with Crippen molar-refractivity contribution in [2.24, 2.45) is 0 Å². The van der Waals surface area contributed by atoms with Crippen LogP contribution < -0.4 is 5.32 Å². The average molecular weight is 255 g/mol. The Kier molecular flexibility index (Phi) is 4.68. The molecule has 1 N–H and O–H groups in total. The number of nitrogens with zero attached hydrogens (tertiary/aromatic N) is 2. The van der Waals surface area contributed by atoms with Crippen LogP contribution in [-0.2, 0) is 21.6 Å². The molecule has 0 aromatic carbocycles. The number of aromatic nitrogens is 2. The van der Waals surface area contributed by atoms with Crippen molar-refractivity contribution in [1.82, 2.24) is 15.5 Å². The van der Waals surface area contributed by atoms with Gasteiger partial charge in [0.2, 0.25) is 11.7 Å². The number of nitrogens with one attached hydrogen (secondary N) is 1. The van der Waals surface area contributed by atoms with Gasteiger partial charge in [-0.25, -0.2) is 0 Å². The molecule has 0 saturated heterocycles. The van der Waals surface area contributed by atoms with Crippen molar-refractivity contribution in [2.75, 3.05) is 27.4 Å². The minimum atomic E-state index is -0.325. The first-order valence-corrected chi connectivity index (χ1v) is 6.38. The van der Waals surface area contributed by atoms with E-state index in [1.807, 2.05) is 0 Å². The molecule has 102 valence electrons. The fourth-order valence-corrected chi connectivity index (χ4v) is 2.35. The van der Waals surface area contributed by atoms with Crippen molar-refractivity contribution in [3.05, 3.63) is 11.7 Å². The van der Waals surface area contributed by atoms with Crippen molar-refractivity contribution < 1.29 is 14.0 Å². The van der Waals surface area contributed by atoms with Crippen LogP contribution in [0.15, 0.2) is 4.52 Å². The largest absolute Gasteiger partial charge is 0.383 e. The molecule has 1 aromatic rings. The van der Waals surface area contributed by atoms with Crippen LogP contribution in [-0.4, -0.2) is 37.5 Å². The first kappa shape index (κ1) is 13.5. The van der Waals surface area contributed by atoms with Crippen LogP contribution in [0.2, 0.25) is 0 Å². The Labute approximate surface area is 107 Å². The lowest BCUT2D eigenvalue weighted by atomic mass is 10.0. The van der Waals surface area contributed by atoms with Crippen LogP contribution in [0.3, 0.4) is 0 Å². The van der Waals surface area contributed by atoms with Gasteiger partial charge in [-0.15, -0.1) is 0 Å². The Hall–Kier alpha value is -0.980. The minimum Gasteiger partial charge on any atom is -0.383 e. The molecule has 1 saturated carbocycles. The molecule has 0 bridgehead atoms. The summed E-state index contributed by atoms with van der Waals surface area (Å²) in [7, 11) is 3.40. The summed E-state index contributed by atoms with van der Waals surface area (Å²) in [5.74, 6) is 1.29. The fraction of sp³-hybridized carbons (Fsp3) is 0.833. The zero-order valence-electron chi connectivity index (χ0n) is 11.1. The summed E-state index contributed by atoms with van der Waals surface area (Å²) in [6.07, 6.45) is 4.26. The molecule has 0 spiro atoms. The molecule has 1 aliphatic rings. The Bertz CT molecular complexity index is 361. The van der Waals surface area contributed by atoms with Crippen LogP contribution in [0, 0.1) is 0 Å². The minimum absolute atomic E-state index is 0.325. The molecule has 0 aliphatic heterocycles. The van der Waals surface area contributed by atoms with Gasteiger partial charge in [0.05, 0.1) is 13.2 Å². The molecule has 2 rings (SSSR count). The Morgan fingerprint density at radius 1 is 1.33 bits per heavy atom. The third-order valence-corrected chi connectivity index (χ3v) is 3.44. The molecule has 0 radical (unpaired) electrons. The lowest BCUT2D eigenvalue weighted by Gasteiger charge is -2.22. The lowest BCUT2D eigenvalue weighted by molar-refractivity contribution is -0.0178. The third-order valence-electron chi connectivity index (χ3n) is 3.44. The second kappa shape index (κ2) is 6.26. The van der Waals surface area contributed by atoms with Crippen LogP contribution in [0.4, 0.5) is 0 Å². The van der Waals surface area contributed by atoms with Gasteiger partial charge in [0, 0.05) is 20.8 Å². The van der Waals surface area contributed by atoms with Crippen LogP contribution in [0.5, 0.6) is 0 Å². The summed E-state index contributed by atoms with van der Waals surface area (Å²) in [4.78, 5) is 4.43. The molecule has 6 nitrogen and oxygen atoms in total. The summed E-state index contributed by atoms with van der Waals surface area (Å²) in [6, 6.07) is 0. The van der Waals surface area contributed by atoms with E-state index in [2.05, 4.69) is 15.5 Å². The van der Waals surface area contributed by atoms with Gasteiger partial charge >= 0.3 is 0 Å². The molecular formula is C12H21N3O3. The van der Waals surface area contributed by atoms with Gasteiger partial charge in [-0.3, -0.25) is 0 Å². The smallest absolute Gasteiger partial charge is 0.240 e. The average Bonchev–Trinajstić information content (AvgIpc) is 3.04. The van der Waals surface area contributed by atoms with Crippen molar-refractivity contribution in [3.63, 3.8) is 0 Å². The molecular weight excluding hydrogens is 234 g/mol. The van der Waals surface area contributed by atoms with Gasteiger partial charge in [-0.2, -0.15) is 4.98 Å². The summed E-state index contributed by atoms with van der Waals surface area (Å²) >= 11 is 0. The number of hydrogen-bond donors (Lipinski definition) is 1. The summed E-state index contributed by atoms with van der Waals surface area (Å²) < 4.78 is 15.8. The number of ether oxygens (including phenoxy) is 2. The maximum atomic E-state index is 5.62. The molecule has 0 unspecified atom stereocenters. The number of hydrogen-bond acceptors (Lipinski definition) is 6. The highest BCUT2D eigenvalue weighted by Crippen LogP contribution is 2.39. The zero-order chi connectivity index (χ0) is 12.8. The van der Waals surface area contributed by atoms with Gasteiger partial charge in [0.15, 0.2) is 0 Å². The zero-order valence-corrected chi connectivity index (χ0v) is 11.1. The number of rotatable bonds is 7. The van der Waals surface area contributed by atoms with Crippen LogP contribution >= 0.6 is 0 Å². The first-order valence-electron chi connectivity index (χ1n) is 6.38. The van der Waals surface area contributed by atoms with Gasteiger partial charge in [0.25, 0.3) is 0 Å². The Morgan fingerprint density at radius 3 is 2.78 bits per heavy atom. The van der Waals surface area contributed by atoms with Gasteiger partial charge in [-0.05, 0) is 25.7 Å². The Balaban J connectivity index is 1.92. The SMILES string of the molecule is COCCNCc1nc(C2(OC)CCCC2)no1. The topological polar surface area (TPSA) is 69.4 Å². The molecule has 1 fully saturated rings. The first-order chi connectivity index (χ1) is 8.80. The molecule has 6 heteroatoms. The van der Waals surface area contributed by atoms with Gasteiger partial charge < -0.3 is 19.3 Å². The van der Waals surface area contributed by atoms with E-state index in [1.54, 1.807) is 14.2 Å². The fourth-order valence-electron chi connectivity index (χ4n) is 2.35.